The van der Waals surface area contributed by atoms with Crippen molar-refractivity contribution in [2.75, 3.05) is 13.0 Å². The van der Waals surface area contributed by atoms with Gasteiger partial charge in [0.2, 0.25) is 5.88 Å². The third-order valence-corrected chi connectivity index (χ3v) is 4.29. The zero-order chi connectivity index (χ0) is 16.0. The molecule has 21 heavy (non-hydrogen) atoms. The molecule has 0 aromatic carbocycles. The lowest BCUT2D eigenvalue weighted by Gasteiger charge is -2.19. The summed E-state index contributed by atoms with van der Waals surface area (Å²) in [5.41, 5.74) is 0.910. The maximum atomic E-state index is 13.5. The van der Waals surface area contributed by atoms with Crippen molar-refractivity contribution in [3.05, 3.63) is 23.6 Å². The minimum Gasteiger partial charge on any atom is -0.591 e. The molecule has 0 saturated heterocycles. The Morgan fingerprint density at radius 3 is 2.71 bits per heavy atom. The molecule has 0 aliphatic carbocycles. The fraction of sp³-hybridized carbons (Fsp3) is 0.571. The highest BCUT2D eigenvalue weighted by Crippen LogP contribution is 2.23. The van der Waals surface area contributed by atoms with Crippen molar-refractivity contribution >= 4 is 28.7 Å². The minimum absolute atomic E-state index is 0.260. The van der Waals surface area contributed by atoms with Gasteiger partial charge in [0.15, 0.2) is 0 Å². The molecule has 1 aromatic rings. The van der Waals surface area contributed by atoms with E-state index in [1.54, 1.807) is 0 Å². The molecule has 1 unspecified atom stereocenters. The van der Waals surface area contributed by atoms with E-state index in [0.717, 1.165) is 6.20 Å². The van der Waals surface area contributed by atoms with Gasteiger partial charge in [-0.2, -0.15) is 0 Å². The molecule has 0 spiro atoms. The fourth-order valence-corrected chi connectivity index (χ4v) is 2.29. The lowest BCUT2D eigenvalue weighted by atomic mass is 10.1. The van der Waals surface area contributed by atoms with Gasteiger partial charge in [-0.15, -0.1) is 11.6 Å². The van der Waals surface area contributed by atoms with Crippen LogP contribution >= 0.6 is 11.6 Å². The number of nitrogens with zero attached hydrogens (tertiary/aromatic N) is 2. The molecule has 1 heterocycles. The van der Waals surface area contributed by atoms with Crippen LogP contribution in [0.15, 0.2) is 16.7 Å². The van der Waals surface area contributed by atoms with Gasteiger partial charge in [0.25, 0.3) is 0 Å². The molecule has 0 bridgehead atoms. The Labute approximate surface area is 133 Å². The van der Waals surface area contributed by atoms with E-state index in [0.29, 0.717) is 30.0 Å². The highest BCUT2D eigenvalue weighted by atomic mass is 35.5. The van der Waals surface area contributed by atoms with Crippen molar-refractivity contribution in [2.24, 2.45) is 4.40 Å². The molecule has 4 nitrogen and oxygen atoms in total. The van der Waals surface area contributed by atoms with Gasteiger partial charge < -0.3 is 9.29 Å². The van der Waals surface area contributed by atoms with Gasteiger partial charge in [0.05, 0.1) is 18.9 Å². The predicted octanol–water partition coefficient (Wildman–Crippen LogP) is 3.50. The molecule has 0 fully saturated rings. The van der Waals surface area contributed by atoms with E-state index < -0.39 is 21.9 Å². The summed E-state index contributed by atoms with van der Waals surface area (Å²) in [5.74, 6) is 0.202. The van der Waals surface area contributed by atoms with E-state index in [-0.39, 0.29) is 5.88 Å². The lowest BCUT2D eigenvalue weighted by Crippen LogP contribution is -2.27. The SMILES string of the molecule is COc1ncc(F)cc1C(CCCCl)=N[S+]([O-])C(C)(C)C. The summed E-state index contributed by atoms with van der Waals surface area (Å²) in [6.45, 7) is 5.48. The van der Waals surface area contributed by atoms with Gasteiger partial charge in [0.1, 0.15) is 27.6 Å². The first-order chi connectivity index (χ1) is 9.79. The molecule has 0 radical (unpaired) electrons. The summed E-state index contributed by atoms with van der Waals surface area (Å²) in [7, 11) is 1.45. The van der Waals surface area contributed by atoms with E-state index in [2.05, 4.69) is 9.38 Å². The van der Waals surface area contributed by atoms with Crippen LogP contribution in [-0.2, 0) is 11.4 Å². The van der Waals surface area contributed by atoms with Crippen molar-refractivity contribution in [3.8, 4) is 5.88 Å². The first-order valence-corrected chi connectivity index (χ1v) is 8.19. The topological polar surface area (TPSA) is 57.5 Å². The third-order valence-electron chi connectivity index (χ3n) is 2.59. The predicted molar refractivity (Wildman–Crippen MR) is 85.1 cm³/mol. The average molecular weight is 335 g/mol. The first kappa shape index (κ1) is 18.2. The van der Waals surface area contributed by atoms with Crippen molar-refractivity contribution < 1.29 is 13.7 Å². The zero-order valence-corrected chi connectivity index (χ0v) is 14.2. The number of hydrogen-bond acceptors (Lipinski definition) is 4. The number of rotatable bonds is 6. The summed E-state index contributed by atoms with van der Waals surface area (Å²) >= 11 is 4.26. The van der Waals surface area contributed by atoms with Crippen LogP contribution in [0.3, 0.4) is 0 Å². The Balaban J connectivity index is 3.25. The van der Waals surface area contributed by atoms with Crippen LogP contribution < -0.4 is 4.74 Å². The maximum absolute atomic E-state index is 13.5. The van der Waals surface area contributed by atoms with Crippen molar-refractivity contribution in [3.63, 3.8) is 0 Å². The van der Waals surface area contributed by atoms with E-state index >= 15 is 0 Å². The molecule has 0 aliphatic heterocycles. The van der Waals surface area contributed by atoms with Crippen LogP contribution in [0.1, 0.15) is 39.2 Å². The molecule has 0 amide bonds. The monoisotopic (exact) mass is 334 g/mol. The van der Waals surface area contributed by atoms with E-state index in [4.69, 9.17) is 16.3 Å². The van der Waals surface area contributed by atoms with Crippen LogP contribution in [0, 0.1) is 5.82 Å². The molecular formula is C14H20ClFN2O2S. The summed E-state index contributed by atoms with van der Waals surface area (Å²) in [4.78, 5) is 3.89. The van der Waals surface area contributed by atoms with Crippen molar-refractivity contribution in [2.45, 2.75) is 38.4 Å². The van der Waals surface area contributed by atoms with Gasteiger partial charge in [0, 0.05) is 5.88 Å². The zero-order valence-electron chi connectivity index (χ0n) is 12.7. The number of aromatic nitrogens is 1. The van der Waals surface area contributed by atoms with Crippen LogP contribution in [0.5, 0.6) is 5.88 Å². The van der Waals surface area contributed by atoms with Crippen molar-refractivity contribution in [1.82, 2.24) is 4.98 Å². The molecular weight excluding hydrogens is 315 g/mol. The third kappa shape index (κ3) is 5.45. The fourth-order valence-electron chi connectivity index (χ4n) is 1.50. The van der Waals surface area contributed by atoms with Gasteiger partial charge in [-0.05, 0) is 39.7 Å². The highest BCUT2D eigenvalue weighted by Gasteiger charge is 2.28. The Morgan fingerprint density at radius 2 is 2.19 bits per heavy atom. The smallest absolute Gasteiger partial charge is 0.222 e. The highest BCUT2D eigenvalue weighted by molar-refractivity contribution is 7.91. The molecule has 7 heteroatoms. The molecule has 1 atom stereocenters. The molecule has 0 aliphatic rings. The number of halogens is 2. The Kier molecular flexibility index (Phi) is 6.90. The van der Waals surface area contributed by atoms with Gasteiger partial charge in [-0.25, -0.2) is 9.37 Å². The van der Waals surface area contributed by atoms with Crippen LogP contribution in [0.2, 0.25) is 0 Å². The van der Waals surface area contributed by atoms with E-state index in [1.807, 2.05) is 20.8 Å². The molecule has 1 aromatic heterocycles. The van der Waals surface area contributed by atoms with Gasteiger partial charge >= 0.3 is 0 Å². The average Bonchev–Trinajstić information content (AvgIpc) is 2.42. The molecule has 118 valence electrons. The van der Waals surface area contributed by atoms with E-state index in [9.17, 15) is 8.94 Å². The van der Waals surface area contributed by atoms with Crippen molar-refractivity contribution in [1.29, 1.82) is 0 Å². The second kappa shape index (κ2) is 7.96. The van der Waals surface area contributed by atoms with Gasteiger partial charge in [-0.3, -0.25) is 0 Å². The molecule has 0 N–H and O–H groups in total. The standard InChI is InChI=1S/C14H20ClFN2O2S/c1-14(2,3)21(19)18-12(6-5-7-15)11-8-10(16)9-17-13(11)20-4/h8-9H,5-7H2,1-4H3. The second-order valence-electron chi connectivity index (χ2n) is 5.40. The normalized spacial score (nSPS) is 14.1. The summed E-state index contributed by atoms with van der Waals surface area (Å²) in [6, 6.07) is 1.29. The van der Waals surface area contributed by atoms with Crippen LogP contribution in [-0.4, -0.2) is 33.0 Å². The number of ether oxygens (including phenoxy) is 1. The van der Waals surface area contributed by atoms with Crippen LogP contribution in [0.25, 0.3) is 0 Å². The Bertz CT molecular complexity index is 506. The van der Waals surface area contributed by atoms with Gasteiger partial charge in [-0.1, -0.05) is 4.40 Å². The van der Waals surface area contributed by atoms with Crippen LogP contribution in [0.4, 0.5) is 4.39 Å². The quantitative estimate of drug-likeness (QED) is 0.454. The summed E-state index contributed by atoms with van der Waals surface area (Å²) in [6.07, 6.45) is 2.19. The number of alkyl halides is 1. The molecule has 1 rings (SSSR count). The molecule has 0 saturated carbocycles. The summed E-state index contributed by atoms with van der Waals surface area (Å²) in [5, 5.41) is 0. The number of hydrogen-bond donors (Lipinski definition) is 0. The summed E-state index contributed by atoms with van der Waals surface area (Å²) < 4.78 is 34.6. The lowest BCUT2D eigenvalue weighted by molar-refractivity contribution is 0.394. The number of pyridine rings is 1. The largest absolute Gasteiger partial charge is 0.591 e. The minimum atomic E-state index is -1.45. The Morgan fingerprint density at radius 1 is 1.52 bits per heavy atom. The second-order valence-corrected chi connectivity index (χ2v) is 7.69. The Hall–Kier alpha value is -0.850. The van der Waals surface area contributed by atoms with E-state index in [1.165, 1.54) is 13.2 Å². The first-order valence-electron chi connectivity index (χ1n) is 6.55. The number of methoxy groups -OCH3 is 1. The maximum Gasteiger partial charge on any atom is 0.222 e.